The molecule has 0 unspecified atom stereocenters. The second-order valence-electron chi connectivity index (χ2n) is 9.51. The summed E-state index contributed by atoms with van der Waals surface area (Å²) in [6.07, 6.45) is 2.25. The van der Waals surface area contributed by atoms with Crippen molar-refractivity contribution in [2.75, 3.05) is 38.0 Å². The Bertz CT molecular complexity index is 1460. The zero-order valence-corrected chi connectivity index (χ0v) is 21.3. The predicted octanol–water partition coefficient (Wildman–Crippen LogP) is 5.11. The average Bonchev–Trinajstić information content (AvgIpc) is 3.33. The number of benzene rings is 2. The van der Waals surface area contributed by atoms with Crippen LogP contribution in [0.3, 0.4) is 0 Å². The van der Waals surface area contributed by atoms with Gasteiger partial charge in [0.15, 0.2) is 5.65 Å². The van der Waals surface area contributed by atoms with Gasteiger partial charge in [-0.1, -0.05) is 19.1 Å². The maximum Gasteiger partial charge on any atom is 0.416 e. The Morgan fingerprint density at radius 3 is 2.53 bits per heavy atom. The molecule has 0 saturated carbocycles. The summed E-state index contributed by atoms with van der Waals surface area (Å²) in [4.78, 5) is 25.8. The van der Waals surface area contributed by atoms with Crippen molar-refractivity contribution in [2.45, 2.75) is 26.6 Å². The highest BCUT2D eigenvalue weighted by molar-refractivity contribution is 6.05. The minimum atomic E-state index is -4.53. The monoisotopic (exact) mass is 522 g/mol. The van der Waals surface area contributed by atoms with Crippen molar-refractivity contribution in [3.63, 3.8) is 0 Å². The van der Waals surface area contributed by atoms with Crippen molar-refractivity contribution in [1.82, 2.24) is 24.2 Å². The number of amides is 1. The van der Waals surface area contributed by atoms with E-state index in [-0.39, 0.29) is 17.8 Å². The summed E-state index contributed by atoms with van der Waals surface area (Å²) in [5, 5.41) is 2.65. The molecule has 0 spiro atoms. The van der Waals surface area contributed by atoms with Gasteiger partial charge in [0.1, 0.15) is 0 Å². The lowest BCUT2D eigenvalue weighted by atomic mass is 10.0. The lowest BCUT2D eigenvalue weighted by Gasteiger charge is -2.34. The Hall–Kier alpha value is -3.76. The molecule has 4 aromatic rings. The van der Waals surface area contributed by atoms with Crippen LogP contribution in [0.4, 0.5) is 18.9 Å². The third-order valence-corrected chi connectivity index (χ3v) is 7.07. The van der Waals surface area contributed by atoms with Crippen molar-refractivity contribution >= 4 is 17.2 Å². The first-order valence-corrected chi connectivity index (χ1v) is 12.6. The molecule has 5 rings (SSSR count). The van der Waals surface area contributed by atoms with Crippen molar-refractivity contribution in [1.29, 1.82) is 0 Å². The number of nitrogens with one attached hydrogen (secondary N) is 1. The third-order valence-electron chi connectivity index (χ3n) is 7.07. The van der Waals surface area contributed by atoms with Gasteiger partial charge in [-0.2, -0.15) is 13.2 Å². The van der Waals surface area contributed by atoms with Gasteiger partial charge in [-0.25, -0.2) is 4.98 Å². The quantitative estimate of drug-likeness (QED) is 0.381. The highest BCUT2D eigenvalue weighted by Crippen LogP contribution is 2.35. The van der Waals surface area contributed by atoms with Crippen LogP contribution in [0.25, 0.3) is 16.9 Å². The Morgan fingerprint density at radius 2 is 1.79 bits per heavy atom. The number of aromatic nitrogens is 3. The summed E-state index contributed by atoms with van der Waals surface area (Å²) in [5.74, 6) is -0.488. The first-order valence-electron chi connectivity index (χ1n) is 12.6. The number of carbonyl (C=O) groups excluding carboxylic acids is 1. The van der Waals surface area contributed by atoms with Gasteiger partial charge < -0.3 is 10.2 Å². The van der Waals surface area contributed by atoms with Crippen molar-refractivity contribution in [3.05, 3.63) is 83.4 Å². The standard InChI is InChI=1S/C28H29F3N6O/c1-3-35-10-12-36(13-11-35)18-21-6-7-22(15-24(21)28(29,30)31)34-27(38)20-5-4-19(2)23(14-20)25-16-33-26-17-32-8-9-37(25)26/h4-9,14-17H,3,10-13,18H2,1-2H3,(H,34,38). The number of piperazine rings is 1. The summed E-state index contributed by atoms with van der Waals surface area (Å²) in [6, 6.07) is 9.24. The van der Waals surface area contributed by atoms with E-state index in [1.165, 1.54) is 12.1 Å². The molecule has 1 saturated heterocycles. The molecule has 1 amide bonds. The fraction of sp³-hybridized carbons (Fsp3) is 0.321. The molecule has 2 aromatic heterocycles. The Morgan fingerprint density at radius 1 is 1.03 bits per heavy atom. The molecule has 7 nitrogen and oxygen atoms in total. The first kappa shape index (κ1) is 25.9. The van der Waals surface area contributed by atoms with Gasteiger partial charge >= 0.3 is 6.18 Å². The second-order valence-corrected chi connectivity index (χ2v) is 9.51. The number of aryl methyl sites for hydroxylation is 1. The highest BCUT2D eigenvalue weighted by Gasteiger charge is 2.34. The Balaban J connectivity index is 1.37. The molecule has 1 N–H and O–H groups in total. The van der Waals surface area contributed by atoms with Crippen LogP contribution in [0.15, 0.2) is 61.2 Å². The molecule has 10 heteroatoms. The third kappa shape index (κ3) is 5.41. The number of rotatable bonds is 6. The molecular formula is C28H29F3N6O. The van der Waals surface area contributed by atoms with E-state index in [2.05, 4.69) is 27.1 Å². The van der Waals surface area contributed by atoms with E-state index in [1.54, 1.807) is 36.9 Å². The van der Waals surface area contributed by atoms with Crippen LogP contribution in [-0.4, -0.2) is 62.8 Å². The van der Waals surface area contributed by atoms with Gasteiger partial charge in [0.25, 0.3) is 5.91 Å². The number of anilines is 1. The van der Waals surface area contributed by atoms with E-state index in [4.69, 9.17) is 0 Å². The maximum absolute atomic E-state index is 14.0. The van der Waals surface area contributed by atoms with Crippen LogP contribution in [0.5, 0.6) is 0 Å². The van der Waals surface area contributed by atoms with E-state index < -0.39 is 17.6 Å². The zero-order chi connectivity index (χ0) is 26.9. The number of hydrogen-bond acceptors (Lipinski definition) is 5. The van der Waals surface area contributed by atoms with Crippen LogP contribution >= 0.6 is 0 Å². The topological polar surface area (TPSA) is 65.8 Å². The number of fused-ring (bicyclic) bond motifs is 1. The highest BCUT2D eigenvalue weighted by atomic mass is 19.4. The number of halogens is 3. The molecule has 38 heavy (non-hydrogen) atoms. The molecule has 1 fully saturated rings. The molecule has 0 bridgehead atoms. The predicted molar refractivity (Wildman–Crippen MR) is 140 cm³/mol. The molecule has 0 aliphatic carbocycles. The number of carbonyl (C=O) groups is 1. The Labute approximate surface area is 218 Å². The number of hydrogen-bond donors (Lipinski definition) is 1. The van der Waals surface area contributed by atoms with Gasteiger partial charge in [-0.3, -0.25) is 19.1 Å². The van der Waals surface area contributed by atoms with E-state index in [1.807, 2.05) is 22.3 Å². The van der Waals surface area contributed by atoms with Crippen LogP contribution < -0.4 is 5.32 Å². The summed E-state index contributed by atoms with van der Waals surface area (Å²) in [7, 11) is 0. The SMILES string of the molecule is CCN1CCN(Cc2ccc(NC(=O)c3ccc(C)c(-c4cnc5cnccn45)c3)cc2C(F)(F)F)CC1. The molecule has 1 aliphatic rings. The van der Waals surface area contributed by atoms with E-state index in [0.717, 1.165) is 55.6 Å². The number of likely N-dealkylation sites (N-methyl/N-ethyl adjacent to an activating group) is 1. The normalized spacial score (nSPS) is 15.2. The molecule has 3 heterocycles. The summed E-state index contributed by atoms with van der Waals surface area (Å²) >= 11 is 0. The lowest BCUT2D eigenvalue weighted by molar-refractivity contribution is -0.138. The molecular weight excluding hydrogens is 493 g/mol. The smallest absolute Gasteiger partial charge is 0.322 e. The molecule has 198 valence electrons. The van der Waals surface area contributed by atoms with Crippen LogP contribution in [-0.2, 0) is 12.7 Å². The molecule has 0 atom stereocenters. The van der Waals surface area contributed by atoms with Crippen molar-refractivity contribution in [2.24, 2.45) is 0 Å². The minimum Gasteiger partial charge on any atom is -0.322 e. The number of nitrogens with zero attached hydrogens (tertiary/aromatic N) is 5. The molecule has 2 aromatic carbocycles. The Kier molecular flexibility index (Phi) is 7.18. The number of alkyl halides is 3. The molecule has 1 aliphatic heterocycles. The molecule has 0 radical (unpaired) electrons. The number of imidazole rings is 1. The average molecular weight is 523 g/mol. The lowest BCUT2D eigenvalue weighted by Crippen LogP contribution is -2.45. The van der Waals surface area contributed by atoms with Gasteiger partial charge in [0.2, 0.25) is 0 Å². The summed E-state index contributed by atoms with van der Waals surface area (Å²) in [5.41, 5.74) is 3.11. The van der Waals surface area contributed by atoms with Gasteiger partial charge in [-0.15, -0.1) is 0 Å². The second kappa shape index (κ2) is 10.5. The zero-order valence-electron chi connectivity index (χ0n) is 21.3. The van der Waals surface area contributed by atoms with E-state index in [0.29, 0.717) is 11.2 Å². The largest absolute Gasteiger partial charge is 0.416 e. The van der Waals surface area contributed by atoms with Gasteiger partial charge in [0.05, 0.1) is 23.7 Å². The first-order chi connectivity index (χ1) is 18.2. The van der Waals surface area contributed by atoms with Crippen molar-refractivity contribution < 1.29 is 18.0 Å². The minimum absolute atomic E-state index is 0.102. The van der Waals surface area contributed by atoms with E-state index >= 15 is 0 Å². The van der Waals surface area contributed by atoms with Gasteiger partial charge in [-0.05, 0) is 48.9 Å². The van der Waals surface area contributed by atoms with E-state index in [9.17, 15) is 18.0 Å². The van der Waals surface area contributed by atoms with Crippen LogP contribution in [0, 0.1) is 6.92 Å². The van der Waals surface area contributed by atoms with Crippen LogP contribution in [0.1, 0.15) is 34.0 Å². The summed E-state index contributed by atoms with van der Waals surface area (Å²) < 4.78 is 43.8. The van der Waals surface area contributed by atoms with Gasteiger partial charge in [0, 0.05) is 61.9 Å². The fourth-order valence-electron chi connectivity index (χ4n) is 4.84. The maximum atomic E-state index is 14.0. The van der Waals surface area contributed by atoms with Crippen molar-refractivity contribution in [3.8, 4) is 11.3 Å². The van der Waals surface area contributed by atoms with Crippen LogP contribution in [0.2, 0.25) is 0 Å². The fourth-order valence-corrected chi connectivity index (χ4v) is 4.84. The summed E-state index contributed by atoms with van der Waals surface area (Å²) in [6.45, 7) is 8.30.